The molecule has 0 bridgehead atoms. The standard InChI is InChI=1S/C19H27N5/c1-6-8-17-16(5)21-13-22-19(17)23(7-2)12-18-14(3)11-24(18)15(4)9-10-20/h6,8,13-14,18H,4,7,9,11-12H2,1-3,5H3/b8-6-/t14-,18-/m0/s1. The van der Waals surface area contributed by atoms with E-state index in [9.17, 15) is 0 Å². The number of hydrogen-bond acceptors (Lipinski definition) is 5. The summed E-state index contributed by atoms with van der Waals surface area (Å²) in [4.78, 5) is 13.4. The summed E-state index contributed by atoms with van der Waals surface area (Å²) in [6, 6.07) is 2.57. The van der Waals surface area contributed by atoms with E-state index in [1.165, 1.54) is 0 Å². The van der Waals surface area contributed by atoms with Crippen LogP contribution in [0.25, 0.3) is 6.08 Å². The number of aryl methyl sites for hydroxylation is 1. The van der Waals surface area contributed by atoms with Gasteiger partial charge in [0.1, 0.15) is 12.1 Å². The SMILES string of the molecule is C=C(CC#N)N1C[C@H](C)[C@@H]1CN(CC)c1ncnc(C)c1/C=C\C. The number of nitrogens with zero attached hydrogens (tertiary/aromatic N) is 5. The Hall–Kier alpha value is -2.35. The number of nitriles is 1. The normalized spacial score (nSPS) is 19.9. The first-order chi connectivity index (χ1) is 11.5. The molecule has 5 nitrogen and oxygen atoms in total. The molecular formula is C19H27N5. The van der Waals surface area contributed by atoms with E-state index in [2.05, 4.69) is 52.3 Å². The van der Waals surface area contributed by atoms with Gasteiger partial charge in [-0.3, -0.25) is 0 Å². The van der Waals surface area contributed by atoms with Crippen LogP contribution in [0.1, 0.15) is 38.4 Å². The Balaban J connectivity index is 2.22. The van der Waals surface area contributed by atoms with Crippen LogP contribution in [0.3, 0.4) is 0 Å². The number of anilines is 1. The molecule has 1 aromatic rings. The maximum Gasteiger partial charge on any atom is 0.139 e. The number of aromatic nitrogens is 2. The fraction of sp³-hybridized carbons (Fsp3) is 0.526. The summed E-state index contributed by atoms with van der Waals surface area (Å²) < 4.78 is 0. The lowest BCUT2D eigenvalue weighted by Crippen LogP contribution is -2.59. The molecule has 0 N–H and O–H groups in total. The van der Waals surface area contributed by atoms with Gasteiger partial charge in [-0.15, -0.1) is 0 Å². The van der Waals surface area contributed by atoms with Crippen molar-refractivity contribution in [2.45, 2.75) is 40.2 Å². The van der Waals surface area contributed by atoms with Crippen LogP contribution < -0.4 is 4.90 Å². The predicted molar refractivity (Wildman–Crippen MR) is 98.4 cm³/mol. The summed E-state index contributed by atoms with van der Waals surface area (Å²) in [5.74, 6) is 1.57. The lowest BCUT2D eigenvalue weighted by Gasteiger charge is -2.50. The maximum absolute atomic E-state index is 8.92. The second kappa shape index (κ2) is 7.96. The molecule has 0 amide bonds. The van der Waals surface area contributed by atoms with Crippen LogP contribution in [-0.2, 0) is 0 Å². The number of rotatable bonds is 7. The Morgan fingerprint density at radius 3 is 2.88 bits per heavy atom. The minimum atomic E-state index is 0.375. The van der Waals surface area contributed by atoms with Crippen LogP contribution in [0.5, 0.6) is 0 Å². The topological polar surface area (TPSA) is 56.1 Å². The fourth-order valence-electron chi connectivity index (χ4n) is 3.25. The van der Waals surface area contributed by atoms with Gasteiger partial charge >= 0.3 is 0 Å². The zero-order valence-electron chi connectivity index (χ0n) is 15.2. The third-order valence-electron chi connectivity index (χ3n) is 4.72. The molecule has 1 fully saturated rings. The van der Waals surface area contributed by atoms with Crippen molar-refractivity contribution in [3.63, 3.8) is 0 Å². The van der Waals surface area contributed by atoms with E-state index in [1.807, 2.05) is 19.9 Å². The van der Waals surface area contributed by atoms with Crippen LogP contribution in [0.15, 0.2) is 24.7 Å². The van der Waals surface area contributed by atoms with Crippen molar-refractivity contribution in [2.75, 3.05) is 24.5 Å². The van der Waals surface area contributed by atoms with Crippen molar-refractivity contribution in [3.05, 3.63) is 35.9 Å². The summed E-state index contributed by atoms with van der Waals surface area (Å²) in [5, 5.41) is 8.92. The van der Waals surface area contributed by atoms with Gasteiger partial charge in [0.05, 0.1) is 24.2 Å². The van der Waals surface area contributed by atoms with E-state index in [-0.39, 0.29) is 0 Å². The zero-order valence-corrected chi connectivity index (χ0v) is 15.2. The average molecular weight is 325 g/mol. The smallest absolute Gasteiger partial charge is 0.139 e. The van der Waals surface area contributed by atoms with E-state index < -0.39 is 0 Å². The number of hydrogen-bond donors (Lipinski definition) is 0. The molecule has 24 heavy (non-hydrogen) atoms. The Labute approximate surface area is 145 Å². The van der Waals surface area contributed by atoms with E-state index in [0.717, 1.165) is 42.4 Å². The van der Waals surface area contributed by atoms with Gasteiger partial charge in [-0.2, -0.15) is 5.26 Å². The fourth-order valence-corrected chi connectivity index (χ4v) is 3.25. The zero-order chi connectivity index (χ0) is 17.7. The number of likely N-dealkylation sites (N-methyl/N-ethyl adjacent to an activating group) is 1. The molecule has 0 spiro atoms. The van der Waals surface area contributed by atoms with Crippen LogP contribution in [0.2, 0.25) is 0 Å². The van der Waals surface area contributed by atoms with Gasteiger partial charge in [0, 0.05) is 30.9 Å². The largest absolute Gasteiger partial charge is 0.369 e. The van der Waals surface area contributed by atoms with Crippen LogP contribution in [0.4, 0.5) is 5.82 Å². The van der Waals surface area contributed by atoms with Crippen molar-refractivity contribution >= 4 is 11.9 Å². The first-order valence-electron chi connectivity index (χ1n) is 8.54. The second-order valence-electron chi connectivity index (χ2n) is 6.33. The number of allylic oxidation sites excluding steroid dienone is 2. The van der Waals surface area contributed by atoms with E-state index in [4.69, 9.17) is 5.26 Å². The first kappa shape index (κ1) is 18.0. The van der Waals surface area contributed by atoms with Gasteiger partial charge in [0.15, 0.2) is 0 Å². The van der Waals surface area contributed by atoms with Crippen molar-refractivity contribution < 1.29 is 0 Å². The lowest BCUT2D eigenvalue weighted by atomic mass is 9.88. The highest BCUT2D eigenvalue weighted by atomic mass is 15.3. The lowest BCUT2D eigenvalue weighted by molar-refractivity contribution is 0.0656. The molecule has 2 atom stereocenters. The molecule has 0 aliphatic carbocycles. The summed E-state index contributed by atoms with van der Waals surface area (Å²) >= 11 is 0. The Kier molecular flexibility index (Phi) is 5.97. The third kappa shape index (κ3) is 3.59. The quantitative estimate of drug-likeness (QED) is 0.769. The van der Waals surface area contributed by atoms with Gasteiger partial charge in [-0.1, -0.05) is 25.7 Å². The molecule has 2 rings (SSSR count). The summed E-state index contributed by atoms with van der Waals surface area (Å²) in [6.45, 7) is 15.2. The maximum atomic E-state index is 8.92. The second-order valence-corrected chi connectivity index (χ2v) is 6.33. The summed E-state index contributed by atoms with van der Waals surface area (Å²) in [7, 11) is 0. The van der Waals surface area contributed by atoms with Gasteiger partial charge in [0.25, 0.3) is 0 Å². The molecule has 0 radical (unpaired) electrons. The Morgan fingerprint density at radius 2 is 2.29 bits per heavy atom. The van der Waals surface area contributed by atoms with Crippen molar-refractivity contribution in [3.8, 4) is 6.07 Å². The van der Waals surface area contributed by atoms with Crippen LogP contribution >= 0.6 is 0 Å². The molecule has 0 unspecified atom stereocenters. The highest BCUT2D eigenvalue weighted by Crippen LogP contribution is 2.31. The minimum Gasteiger partial charge on any atom is -0.369 e. The van der Waals surface area contributed by atoms with Gasteiger partial charge in [-0.25, -0.2) is 9.97 Å². The molecule has 5 heteroatoms. The van der Waals surface area contributed by atoms with Crippen molar-refractivity contribution in [1.29, 1.82) is 5.26 Å². The Bertz CT molecular complexity index is 658. The monoisotopic (exact) mass is 325 g/mol. The predicted octanol–water partition coefficient (Wildman–Crippen LogP) is 3.39. The molecule has 1 aromatic heterocycles. The summed E-state index contributed by atoms with van der Waals surface area (Å²) in [5.41, 5.74) is 2.99. The van der Waals surface area contributed by atoms with Crippen molar-refractivity contribution in [1.82, 2.24) is 14.9 Å². The molecule has 0 saturated carbocycles. The molecule has 1 saturated heterocycles. The average Bonchev–Trinajstić information content (AvgIpc) is 2.56. The van der Waals surface area contributed by atoms with E-state index in [0.29, 0.717) is 18.4 Å². The molecule has 2 heterocycles. The van der Waals surface area contributed by atoms with E-state index in [1.54, 1.807) is 6.33 Å². The molecule has 1 aliphatic rings. The van der Waals surface area contributed by atoms with Gasteiger partial charge in [-0.05, 0) is 26.7 Å². The summed E-state index contributed by atoms with van der Waals surface area (Å²) in [6.07, 6.45) is 6.13. The number of likely N-dealkylation sites (tertiary alicyclic amines) is 1. The third-order valence-corrected chi connectivity index (χ3v) is 4.72. The van der Waals surface area contributed by atoms with Gasteiger partial charge in [0.2, 0.25) is 0 Å². The molecule has 1 aliphatic heterocycles. The Morgan fingerprint density at radius 1 is 1.54 bits per heavy atom. The minimum absolute atomic E-state index is 0.375. The van der Waals surface area contributed by atoms with Crippen LogP contribution in [0, 0.1) is 24.2 Å². The van der Waals surface area contributed by atoms with Crippen molar-refractivity contribution in [2.24, 2.45) is 5.92 Å². The van der Waals surface area contributed by atoms with Gasteiger partial charge < -0.3 is 9.80 Å². The molecule has 0 aromatic carbocycles. The highest BCUT2D eigenvalue weighted by Gasteiger charge is 2.37. The van der Waals surface area contributed by atoms with E-state index >= 15 is 0 Å². The molecule has 128 valence electrons. The molecular weight excluding hydrogens is 298 g/mol. The highest BCUT2D eigenvalue weighted by molar-refractivity contribution is 5.65. The van der Waals surface area contributed by atoms with Crippen LogP contribution in [-0.4, -0.2) is 40.5 Å². The first-order valence-corrected chi connectivity index (χ1v) is 8.54.